The Kier molecular flexibility index (Phi) is 16.0. The highest BCUT2D eigenvalue weighted by atomic mass is 32.2. The van der Waals surface area contributed by atoms with Gasteiger partial charge in [-0.1, -0.05) is 27.2 Å². The fourth-order valence-electron chi connectivity index (χ4n) is 7.56. The molecule has 0 spiro atoms. The average Bonchev–Trinajstić information content (AvgIpc) is 3.80. The largest absolute Gasteiger partial charge is 0.508 e. The normalized spacial score (nSPS) is 27.6. The number of phenols is 1. The van der Waals surface area contributed by atoms with Crippen LogP contribution in [0.5, 0.6) is 5.75 Å². The van der Waals surface area contributed by atoms with E-state index in [0.29, 0.717) is 22.9 Å². The van der Waals surface area contributed by atoms with E-state index in [1.54, 1.807) is 13.8 Å². The van der Waals surface area contributed by atoms with Gasteiger partial charge in [0.25, 0.3) is 0 Å². The van der Waals surface area contributed by atoms with E-state index in [-0.39, 0.29) is 29.4 Å². The molecule has 5 unspecified atom stereocenters. The zero-order chi connectivity index (χ0) is 46.3. The van der Waals surface area contributed by atoms with Gasteiger partial charge in [0.1, 0.15) is 42.0 Å². The number of aromatic nitrogens is 1. The van der Waals surface area contributed by atoms with E-state index in [1.807, 2.05) is 0 Å². The predicted octanol–water partition coefficient (Wildman–Crippen LogP) is -4.94. The highest BCUT2D eigenvalue weighted by molar-refractivity contribution is 7.99. The number of hydrogen-bond donors (Lipinski definition) is 13. The second-order valence-corrected chi connectivity index (χ2v) is 17.0. The standard InChI is InChI=1S/C39H54N10O13S/c1-4-16(2)31-36(60)42-11-29(55)43-25-15-63-38-21(20-6-5-18(51)7-22(20)46-38)9-23(33(57)41-12-30(56)47-31)44-37(61)32(17(3)27(53)14-50)48-35(59)26-8-19(52)13-49(26)39(62)24(10-28(40)54)45-34(25)58/h5-7,16-17,19,23-27,31-32,46,50-53H,4,8-15H2,1-3H3,(H2,40,54)(H,41,57)(H,42,60)(H,43,55)(H,44,61)(H,45,58)(H,47,56)(H,48,59)/t16-,17-,19+,23?,24-,25?,26?,27?,31-,32?/m0/s1. The van der Waals surface area contributed by atoms with Crippen molar-refractivity contribution in [1.29, 1.82) is 0 Å². The third-order valence-electron chi connectivity index (χ3n) is 11.4. The van der Waals surface area contributed by atoms with Gasteiger partial charge in [-0.2, -0.15) is 0 Å². The number of benzene rings is 1. The number of fused-ring (bicyclic) bond motifs is 5. The van der Waals surface area contributed by atoms with Crippen LogP contribution in [0.2, 0.25) is 0 Å². The van der Waals surface area contributed by atoms with Gasteiger partial charge in [-0.15, -0.1) is 11.8 Å². The van der Waals surface area contributed by atoms with Crippen LogP contribution in [0.3, 0.4) is 0 Å². The summed E-state index contributed by atoms with van der Waals surface area (Å²) in [6.07, 6.45) is -4.01. The molecule has 14 N–H and O–H groups in total. The molecule has 63 heavy (non-hydrogen) atoms. The first-order valence-corrected chi connectivity index (χ1v) is 21.4. The summed E-state index contributed by atoms with van der Waals surface area (Å²) in [5, 5.41) is 59.9. The first-order valence-electron chi connectivity index (χ1n) is 20.4. The summed E-state index contributed by atoms with van der Waals surface area (Å²) in [5.41, 5.74) is 6.19. The molecule has 10 atom stereocenters. The fraction of sp³-hybridized carbons (Fsp3) is 0.564. The molecule has 2 bridgehead atoms. The number of nitrogens with one attached hydrogen (secondary N) is 8. The first kappa shape index (κ1) is 48.1. The number of nitrogens with two attached hydrogens (primary N) is 1. The Morgan fingerprint density at radius 2 is 1.56 bits per heavy atom. The average molecular weight is 903 g/mol. The molecular weight excluding hydrogens is 849 g/mol. The zero-order valence-corrected chi connectivity index (χ0v) is 35.6. The Bertz CT molecular complexity index is 2120. The van der Waals surface area contributed by atoms with Crippen molar-refractivity contribution in [2.45, 2.75) is 99.9 Å². The van der Waals surface area contributed by atoms with E-state index in [1.165, 1.54) is 25.1 Å². The molecule has 0 radical (unpaired) electrons. The minimum absolute atomic E-state index is 0.146. The van der Waals surface area contributed by atoms with Crippen molar-refractivity contribution in [3.05, 3.63) is 23.8 Å². The number of carbonyl (C=O) groups is 9. The number of aromatic hydroxyl groups is 1. The number of nitrogens with zero attached hydrogens (tertiary/aromatic N) is 1. The van der Waals surface area contributed by atoms with Crippen molar-refractivity contribution in [2.24, 2.45) is 17.6 Å². The molecule has 23 nitrogen and oxygen atoms in total. The van der Waals surface area contributed by atoms with Crippen LogP contribution in [0, 0.1) is 11.8 Å². The number of hydrogen-bond acceptors (Lipinski definition) is 14. The summed E-state index contributed by atoms with van der Waals surface area (Å²) >= 11 is 0.949. The van der Waals surface area contributed by atoms with Gasteiger partial charge in [0.05, 0.1) is 48.9 Å². The molecule has 3 aliphatic rings. The third kappa shape index (κ3) is 11.7. The Labute approximate surface area is 364 Å². The Balaban J connectivity index is 1.70. The Morgan fingerprint density at radius 3 is 2.22 bits per heavy atom. The second kappa shape index (κ2) is 20.9. The molecule has 4 heterocycles. The molecule has 0 aliphatic carbocycles. The molecule has 9 amide bonds. The molecule has 5 rings (SSSR count). The number of amides is 9. The lowest BCUT2D eigenvalue weighted by molar-refractivity contribution is -0.144. The SMILES string of the molecule is CC[C@H](C)[C@@H]1NC(=O)CNC(=O)C2Cc3c([nH]c4cc(O)ccc34)SCC(NC(=O)CNC1=O)C(=O)N[C@@H](CC(N)=O)C(=O)N1C[C@H](O)CC1C(=O)NC([C@@H](C)C(O)CO)C(=O)N2. The highest BCUT2D eigenvalue weighted by Gasteiger charge is 2.45. The van der Waals surface area contributed by atoms with E-state index in [2.05, 4.69) is 42.2 Å². The van der Waals surface area contributed by atoms with Crippen molar-refractivity contribution < 1.29 is 63.6 Å². The molecule has 1 fully saturated rings. The number of H-pyrrole nitrogens is 1. The molecule has 1 aromatic carbocycles. The summed E-state index contributed by atoms with van der Waals surface area (Å²) in [4.78, 5) is 128. The maximum absolute atomic E-state index is 14.4. The minimum atomic E-state index is -1.75. The quantitative estimate of drug-likeness (QED) is 0.124. The Hall–Kier alpha value is -5.98. The number of carbonyl (C=O) groups excluding carboxylic acids is 9. The molecule has 24 heteroatoms. The molecular formula is C39H54N10O13S. The first-order chi connectivity index (χ1) is 29.8. The number of primary amides is 1. The molecule has 2 aromatic rings. The number of phenolic OH excluding ortho intramolecular Hbond substituents is 1. The van der Waals surface area contributed by atoms with Gasteiger partial charge in [0.15, 0.2) is 0 Å². The number of thioether (sulfide) groups is 1. The van der Waals surface area contributed by atoms with Crippen LogP contribution < -0.4 is 43.0 Å². The maximum Gasteiger partial charge on any atom is 0.246 e. The molecule has 0 saturated carbocycles. The van der Waals surface area contributed by atoms with E-state index < -0.39 is 146 Å². The monoisotopic (exact) mass is 902 g/mol. The number of aliphatic hydroxyl groups is 3. The summed E-state index contributed by atoms with van der Waals surface area (Å²) in [5.74, 6) is -10.7. The fourth-order valence-corrected chi connectivity index (χ4v) is 8.68. The van der Waals surface area contributed by atoms with Crippen LogP contribution in [-0.4, -0.2) is 164 Å². The van der Waals surface area contributed by atoms with Crippen LogP contribution in [0.25, 0.3) is 10.9 Å². The van der Waals surface area contributed by atoms with E-state index in [0.717, 1.165) is 16.7 Å². The number of rotatable bonds is 7. The van der Waals surface area contributed by atoms with Gasteiger partial charge in [0.2, 0.25) is 53.2 Å². The number of aromatic amines is 1. The van der Waals surface area contributed by atoms with Crippen LogP contribution in [0.4, 0.5) is 0 Å². The van der Waals surface area contributed by atoms with Crippen LogP contribution >= 0.6 is 11.8 Å². The summed E-state index contributed by atoms with van der Waals surface area (Å²) in [7, 11) is 0. The summed E-state index contributed by atoms with van der Waals surface area (Å²) < 4.78 is 0. The van der Waals surface area contributed by atoms with Crippen LogP contribution in [-0.2, 0) is 49.6 Å². The minimum Gasteiger partial charge on any atom is -0.508 e. The molecule has 1 saturated heterocycles. The van der Waals surface area contributed by atoms with Gasteiger partial charge in [-0.25, -0.2) is 0 Å². The van der Waals surface area contributed by atoms with Gasteiger partial charge < -0.3 is 73.3 Å². The van der Waals surface area contributed by atoms with Crippen molar-refractivity contribution in [3.8, 4) is 5.75 Å². The maximum atomic E-state index is 14.4. The predicted molar refractivity (Wildman–Crippen MR) is 222 cm³/mol. The van der Waals surface area contributed by atoms with E-state index >= 15 is 0 Å². The lowest BCUT2D eigenvalue weighted by Crippen LogP contribution is -2.62. The Morgan fingerprint density at radius 1 is 0.873 bits per heavy atom. The molecule has 344 valence electrons. The second-order valence-electron chi connectivity index (χ2n) is 15.9. The zero-order valence-electron chi connectivity index (χ0n) is 34.8. The van der Waals surface area contributed by atoms with Crippen molar-refractivity contribution in [2.75, 3.05) is 32.0 Å². The van der Waals surface area contributed by atoms with Crippen molar-refractivity contribution >= 4 is 75.8 Å². The smallest absolute Gasteiger partial charge is 0.246 e. The van der Waals surface area contributed by atoms with Gasteiger partial charge in [-0.3, -0.25) is 43.2 Å². The summed E-state index contributed by atoms with van der Waals surface area (Å²) in [6, 6.07) is -5.00. The summed E-state index contributed by atoms with van der Waals surface area (Å²) in [6.45, 7) is 2.08. The van der Waals surface area contributed by atoms with Gasteiger partial charge >= 0.3 is 0 Å². The van der Waals surface area contributed by atoms with Crippen molar-refractivity contribution in [1.82, 2.24) is 47.1 Å². The molecule has 1 aromatic heterocycles. The number of aliphatic hydroxyl groups excluding tert-OH is 3. The van der Waals surface area contributed by atoms with E-state index in [9.17, 15) is 63.6 Å². The molecule has 3 aliphatic heterocycles. The van der Waals surface area contributed by atoms with Crippen LogP contribution in [0.15, 0.2) is 23.2 Å². The third-order valence-corrected chi connectivity index (χ3v) is 12.5. The van der Waals surface area contributed by atoms with Gasteiger partial charge in [0, 0.05) is 42.5 Å². The van der Waals surface area contributed by atoms with Gasteiger partial charge in [-0.05, 0) is 23.6 Å². The lowest BCUT2D eigenvalue weighted by Gasteiger charge is -2.32. The van der Waals surface area contributed by atoms with Crippen molar-refractivity contribution in [3.63, 3.8) is 0 Å². The highest BCUT2D eigenvalue weighted by Crippen LogP contribution is 2.33. The van der Waals surface area contributed by atoms with E-state index in [4.69, 9.17) is 5.73 Å². The topological polar surface area (TPSA) is 364 Å². The lowest BCUT2D eigenvalue weighted by atomic mass is 9.93. The van der Waals surface area contributed by atoms with Crippen LogP contribution in [0.1, 0.15) is 45.6 Å².